The van der Waals surface area contributed by atoms with E-state index in [1.165, 1.54) is 11.3 Å². The Balaban J connectivity index is 1.52. The van der Waals surface area contributed by atoms with Crippen LogP contribution in [0.2, 0.25) is 0 Å². The SMILES string of the molecule is Cc1nnc(NC(=O)c2ccc(-c3nnc(-c4ccccc4C)o3)cc2)s1. The highest BCUT2D eigenvalue weighted by Gasteiger charge is 2.14. The summed E-state index contributed by atoms with van der Waals surface area (Å²) in [5, 5.41) is 20.0. The number of nitrogens with zero attached hydrogens (tertiary/aromatic N) is 4. The standard InChI is InChI=1S/C19H15N5O2S/c1-11-5-3-4-6-15(11)18-23-22-17(26-18)14-9-7-13(8-10-14)16(25)20-19-24-21-12(2)27-19/h3-10H,1-2H3,(H,20,24,25). The highest BCUT2D eigenvalue weighted by molar-refractivity contribution is 7.15. The van der Waals surface area contributed by atoms with Crippen molar-refractivity contribution < 1.29 is 9.21 Å². The van der Waals surface area contributed by atoms with Gasteiger partial charge in [-0.15, -0.1) is 20.4 Å². The fourth-order valence-corrected chi connectivity index (χ4v) is 3.13. The molecule has 0 bridgehead atoms. The lowest BCUT2D eigenvalue weighted by Gasteiger charge is -2.02. The van der Waals surface area contributed by atoms with E-state index in [4.69, 9.17) is 4.42 Å². The molecule has 0 aliphatic rings. The van der Waals surface area contributed by atoms with Crippen molar-refractivity contribution in [3.05, 3.63) is 64.7 Å². The second kappa shape index (κ2) is 7.08. The molecule has 2 aromatic carbocycles. The van der Waals surface area contributed by atoms with Gasteiger partial charge in [0.2, 0.25) is 16.9 Å². The van der Waals surface area contributed by atoms with E-state index in [1.807, 2.05) is 38.1 Å². The first-order chi connectivity index (χ1) is 13.1. The van der Waals surface area contributed by atoms with E-state index in [2.05, 4.69) is 25.7 Å². The van der Waals surface area contributed by atoms with Crippen LogP contribution in [0.1, 0.15) is 20.9 Å². The topological polar surface area (TPSA) is 93.8 Å². The Morgan fingerprint density at radius 2 is 1.67 bits per heavy atom. The molecule has 4 rings (SSSR count). The normalized spacial score (nSPS) is 10.7. The smallest absolute Gasteiger partial charge is 0.257 e. The van der Waals surface area contributed by atoms with Gasteiger partial charge in [0.1, 0.15) is 5.01 Å². The summed E-state index contributed by atoms with van der Waals surface area (Å²) >= 11 is 1.33. The first kappa shape index (κ1) is 17.0. The summed E-state index contributed by atoms with van der Waals surface area (Å²) in [7, 11) is 0. The van der Waals surface area contributed by atoms with Gasteiger partial charge in [-0.1, -0.05) is 29.5 Å². The van der Waals surface area contributed by atoms with Gasteiger partial charge in [-0.2, -0.15) is 0 Å². The number of rotatable bonds is 4. The molecule has 0 radical (unpaired) electrons. The van der Waals surface area contributed by atoms with Crippen LogP contribution in [-0.2, 0) is 0 Å². The maximum Gasteiger partial charge on any atom is 0.257 e. The van der Waals surface area contributed by atoms with Gasteiger partial charge in [0.15, 0.2) is 0 Å². The van der Waals surface area contributed by atoms with Gasteiger partial charge in [-0.05, 0) is 49.7 Å². The van der Waals surface area contributed by atoms with E-state index in [1.54, 1.807) is 24.3 Å². The number of anilines is 1. The largest absolute Gasteiger partial charge is 0.416 e. The quantitative estimate of drug-likeness (QED) is 0.575. The van der Waals surface area contributed by atoms with Crippen LogP contribution >= 0.6 is 11.3 Å². The van der Waals surface area contributed by atoms with Crippen LogP contribution in [0.3, 0.4) is 0 Å². The predicted octanol–water partition coefficient (Wildman–Crippen LogP) is 4.12. The Kier molecular flexibility index (Phi) is 4.47. The molecule has 0 atom stereocenters. The zero-order valence-corrected chi connectivity index (χ0v) is 15.4. The Hall–Kier alpha value is -3.39. The van der Waals surface area contributed by atoms with Crippen LogP contribution in [0, 0.1) is 13.8 Å². The number of carbonyl (C=O) groups is 1. The molecule has 2 aromatic heterocycles. The number of hydrogen-bond acceptors (Lipinski definition) is 7. The highest BCUT2D eigenvalue weighted by atomic mass is 32.1. The number of hydrogen-bond donors (Lipinski definition) is 1. The van der Waals surface area contributed by atoms with Crippen molar-refractivity contribution in [1.29, 1.82) is 0 Å². The molecular formula is C19H15N5O2S. The summed E-state index contributed by atoms with van der Waals surface area (Å²) in [4.78, 5) is 12.3. The summed E-state index contributed by atoms with van der Waals surface area (Å²) in [6, 6.07) is 14.8. The number of aryl methyl sites for hydroxylation is 2. The fourth-order valence-electron chi connectivity index (χ4n) is 2.54. The van der Waals surface area contributed by atoms with Crippen molar-refractivity contribution in [3.8, 4) is 22.9 Å². The lowest BCUT2D eigenvalue weighted by molar-refractivity contribution is 0.102. The number of benzene rings is 2. The molecule has 1 amide bonds. The van der Waals surface area contributed by atoms with Crippen LogP contribution in [0.15, 0.2) is 52.9 Å². The molecule has 0 unspecified atom stereocenters. The first-order valence-corrected chi connectivity index (χ1v) is 9.03. The monoisotopic (exact) mass is 377 g/mol. The third-order valence-electron chi connectivity index (χ3n) is 3.94. The van der Waals surface area contributed by atoms with Gasteiger partial charge in [-0.3, -0.25) is 10.1 Å². The molecule has 134 valence electrons. The van der Waals surface area contributed by atoms with Gasteiger partial charge < -0.3 is 4.42 Å². The second-order valence-corrected chi connectivity index (χ2v) is 7.07. The molecule has 0 spiro atoms. The Labute approximate surface area is 159 Å². The number of amides is 1. The maximum atomic E-state index is 12.3. The Bertz CT molecular complexity index is 1100. The van der Waals surface area contributed by atoms with E-state index < -0.39 is 0 Å². The molecule has 0 fully saturated rings. The molecular weight excluding hydrogens is 362 g/mol. The van der Waals surface area contributed by atoms with E-state index in [-0.39, 0.29) is 5.91 Å². The minimum atomic E-state index is -0.246. The molecule has 27 heavy (non-hydrogen) atoms. The number of aromatic nitrogens is 4. The molecule has 0 saturated heterocycles. The summed E-state index contributed by atoms with van der Waals surface area (Å²) < 4.78 is 5.80. The van der Waals surface area contributed by atoms with Crippen LogP contribution in [0.25, 0.3) is 22.9 Å². The van der Waals surface area contributed by atoms with E-state index >= 15 is 0 Å². The molecule has 7 nitrogen and oxygen atoms in total. The molecule has 0 saturated carbocycles. The van der Waals surface area contributed by atoms with Crippen LogP contribution in [0.4, 0.5) is 5.13 Å². The van der Waals surface area contributed by atoms with Crippen molar-refractivity contribution in [2.24, 2.45) is 0 Å². The molecule has 0 aliphatic carbocycles. The van der Waals surface area contributed by atoms with Gasteiger partial charge in [0.25, 0.3) is 5.91 Å². The minimum Gasteiger partial charge on any atom is -0.416 e. The van der Waals surface area contributed by atoms with Gasteiger partial charge >= 0.3 is 0 Å². The minimum absolute atomic E-state index is 0.246. The van der Waals surface area contributed by atoms with Crippen molar-refractivity contribution in [2.45, 2.75) is 13.8 Å². The van der Waals surface area contributed by atoms with Crippen molar-refractivity contribution in [2.75, 3.05) is 5.32 Å². The summed E-state index contributed by atoms with van der Waals surface area (Å²) in [6.45, 7) is 3.82. The van der Waals surface area contributed by atoms with Crippen molar-refractivity contribution >= 4 is 22.4 Å². The molecule has 0 aliphatic heterocycles. The molecule has 2 heterocycles. The van der Waals surface area contributed by atoms with Crippen molar-refractivity contribution in [3.63, 3.8) is 0 Å². The third kappa shape index (κ3) is 3.61. The Morgan fingerprint density at radius 3 is 2.37 bits per heavy atom. The number of carbonyl (C=O) groups excluding carboxylic acids is 1. The highest BCUT2D eigenvalue weighted by Crippen LogP contribution is 2.26. The lowest BCUT2D eigenvalue weighted by atomic mass is 10.1. The third-order valence-corrected chi connectivity index (χ3v) is 4.70. The number of nitrogens with one attached hydrogen (secondary N) is 1. The summed E-state index contributed by atoms with van der Waals surface area (Å²) in [6.07, 6.45) is 0. The molecule has 4 aromatic rings. The fraction of sp³-hybridized carbons (Fsp3) is 0.105. The zero-order chi connectivity index (χ0) is 18.8. The average Bonchev–Trinajstić information content (AvgIpc) is 3.31. The first-order valence-electron chi connectivity index (χ1n) is 8.21. The second-order valence-electron chi connectivity index (χ2n) is 5.88. The van der Waals surface area contributed by atoms with Gasteiger partial charge in [0.05, 0.1) is 0 Å². The van der Waals surface area contributed by atoms with E-state index in [9.17, 15) is 4.79 Å². The van der Waals surface area contributed by atoms with Gasteiger partial charge in [0, 0.05) is 16.7 Å². The summed E-state index contributed by atoms with van der Waals surface area (Å²) in [5.41, 5.74) is 3.21. The maximum absolute atomic E-state index is 12.3. The zero-order valence-electron chi connectivity index (χ0n) is 14.6. The van der Waals surface area contributed by atoms with Gasteiger partial charge in [-0.25, -0.2) is 0 Å². The van der Waals surface area contributed by atoms with Crippen LogP contribution in [0.5, 0.6) is 0 Å². The summed E-state index contributed by atoms with van der Waals surface area (Å²) in [5.74, 6) is 0.625. The lowest BCUT2D eigenvalue weighted by Crippen LogP contribution is -2.11. The molecule has 1 N–H and O–H groups in total. The van der Waals surface area contributed by atoms with E-state index in [0.29, 0.717) is 22.5 Å². The van der Waals surface area contributed by atoms with E-state index in [0.717, 1.165) is 21.7 Å². The molecule has 8 heteroatoms. The van der Waals surface area contributed by atoms with Crippen LogP contribution < -0.4 is 5.32 Å². The van der Waals surface area contributed by atoms with Crippen molar-refractivity contribution in [1.82, 2.24) is 20.4 Å². The average molecular weight is 377 g/mol. The Morgan fingerprint density at radius 1 is 0.926 bits per heavy atom. The van der Waals surface area contributed by atoms with Crippen LogP contribution in [-0.4, -0.2) is 26.3 Å². The predicted molar refractivity (Wildman–Crippen MR) is 103 cm³/mol.